The molecule has 0 aromatic heterocycles. The molecule has 1 aliphatic carbocycles. The van der Waals surface area contributed by atoms with Gasteiger partial charge in [0.05, 0.1) is 17.7 Å². The third-order valence-corrected chi connectivity index (χ3v) is 4.11. The van der Waals surface area contributed by atoms with Crippen molar-refractivity contribution in [1.82, 2.24) is 0 Å². The number of rotatable bonds is 4. The van der Waals surface area contributed by atoms with Gasteiger partial charge < -0.3 is 9.84 Å². The van der Waals surface area contributed by atoms with Crippen LogP contribution >= 0.6 is 0 Å². The number of fused-ring (bicyclic) bond motifs is 1. The summed E-state index contributed by atoms with van der Waals surface area (Å²) in [5, 5.41) is 29.2. The minimum absolute atomic E-state index is 0.00127. The lowest BCUT2D eigenvalue weighted by Crippen LogP contribution is -2.05. The number of nitro benzene ring substituents is 1. The SMILES string of the molecule is COc1cc(O)c(N=Nc2ccc([N+](=O)[O-])cc2)c2c1CCCC2. The molecule has 1 N–H and O–H groups in total. The van der Waals surface area contributed by atoms with Crippen LogP contribution in [-0.2, 0) is 12.8 Å². The molecule has 2 aromatic rings. The second-order valence-electron chi connectivity index (χ2n) is 5.58. The second-order valence-corrected chi connectivity index (χ2v) is 5.58. The zero-order chi connectivity index (χ0) is 17.1. The number of methoxy groups -OCH3 is 1. The summed E-state index contributed by atoms with van der Waals surface area (Å²) in [6.45, 7) is 0. The van der Waals surface area contributed by atoms with Crippen molar-refractivity contribution >= 4 is 17.1 Å². The average molecular weight is 327 g/mol. The summed E-state index contributed by atoms with van der Waals surface area (Å²) < 4.78 is 5.35. The number of hydrogen-bond donors (Lipinski definition) is 1. The number of phenolic OH excluding ortho intramolecular Hbond substituents is 1. The molecule has 0 bridgehead atoms. The molecule has 0 unspecified atom stereocenters. The van der Waals surface area contributed by atoms with Crippen LogP contribution in [0.4, 0.5) is 17.1 Å². The summed E-state index contributed by atoms with van der Waals surface area (Å²) in [4.78, 5) is 10.2. The number of nitro groups is 1. The molecule has 0 aliphatic heterocycles. The number of aromatic hydroxyl groups is 1. The summed E-state index contributed by atoms with van der Waals surface area (Å²) >= 11 is 0. The Bertz CT molecular complexity index is 800. The predicted octanol–water partition coefficient (Wildman–Crippen LogP) is 4.60. The minimum Gasteiger partial charge on any atom is -0.505 e. The van der Waals surface area contributed by atoms with E-state index < -0.39 is 4.92 Å². The molecule has 0 radical (unpaired) electrons. The van der Waals surface area contributed by atoms with Crippen LogP contribution in [0.15, 0.2) is 40.6 Å². The molecule has 0 heterocycles. The first kappa shape index (κ1) is 15.9. The van der Waals surface area contributed by atoms with E-state index in [0.29, 0.717) is 17.1 Å². The van der Waals surface area contributed by atoms with Crippen molar-refractivity contribution in [2.75, 3.05) is 7.11 Å². The van der Waals surface area contributed by atoms with Gasteiger partial charge in [0.1, 0.15) is 17.2 Å². The van der Waals surface area contributed by atoms with E-state index in [1.165, 1.54) is 24.3 Å². The van der Waals surface area contributed by atoms with E-state index in [0.717, 1.165) is 36.8 Å². The molecular formula is C17H17N3O4. The van der Waals surface area contributed by atoms with Crippen LogP contribution in [-0.4, -0.2) is 17.1 Å². The molecular weight excluding hydrogens is 310 g/mol. The monoisotopic (exact) mass is 327 g/mol. The summed E-state index contributed by atoms with van der Waals surface area (Å²) in [5.74, 6) is 0.703. The third kappa shape index (κ3) is 3.05. The molecule has 3 rings (SSSR count). The molecule has 0 amide bonds. The molecule has 7 nitrogen and oxygen atoms in total. The van der Waals surface area contributed by atoms with E-state index >= 15 is 0 Å². The van der Waals surface area contributed by atoms with Crippen LogP contribution in [0.3, 0.4) is 0 Å². The molecule has 0 saturated carbocycles. The Kier molecular flexibility index (Phi) is 4.41. The quantitative estimate of drug-likeness (QED) is 0.504. The van der Waals surface area contributed by atoms with Gasteiger partial charge in [-0.15, -0.1) is 5.11 Å². The van der Waals surface area contributed by atoms with Crippen molar-refractivity contribution in [3.8, 4) is 11.5 Å². The highest BCUT2D eigenvalue weighted by molar-refractivity contribution is 5.65. The maximum atomic E-state index is 10.7. The van der Waals surface area contributed by atoms with E-state index in [1.54, 1.807) is 13.2 Å². The van der Waals surface area contributed by atoms with Crippen LogP contribution in [0.2, 0.25) is 0 Å². The Hall–Kier alpha value is -2.96. The van der Waals surface area contributed by atoms with Crippen LogP contribution in [0.25, 0.3) is 0 Å². The Balaban J connectivity index is 1.96. The van der Waals surface area contributed by atoms with E-state index in [-0.39, 0.29) is 11.4 Å². The molecule has 0 saturated heterocycles. The average Bonchev–Trinajstić information content (AvgIpc) is 2.60. The number of hydrogen-bond acceptors (Lipinski definition) is 6. The molecule has 124 valence electrons. The van der Waals surface area contributed by atoms with Crippen molar-refractivity contribution in [3.05, 3.63) is 51.6 Å². The summed E-state index contributed by atoms with van der Waals surface area (Å²) in [6, 6.07) is 7.35. The van der Waals surface area contributed by atoms with Crippen LogP contribution in [0, 0.1) is 10.1 Å². The highest BCUT2D eigenvalue weighted by atomic mass is 16.6. The highest BCUT2D eigenvalue weighted by Gasteiger charge is 2.21. The lowest BCUT2D eigenvalue weighted by molar-refractivity contribution is -0.384. The molecule has 0 fully saturated rings. The lowest BCUT2D eigenvalue weighted by atomic mass is 9.89. The summed E-state index contributed by atoms with van der Waals surface area (Å²) in [6.07, 6.45) is 3.81. The van der Waals surface area contributed by atoms with Gasteiger partial charge in [0.25, 0.3) is 5.69 Å². The molecule has 0 spiro atoms. The Morgan fingerprint density at radius 1 is 1.12 bits per heavy atom. The van der Waals surface area contributed by atoms with Crippen molar-refractivity contribution in [3.63, 3.8) is 0 Å². The van der Waals surface area contributed by atoms with Gasteiger partial charge in [0.2, 0.25) is 0 Å². The number of nitrogens with zero attached hydrogens (tertiary/aromatic N) is 3. The van der Waals surface area contributed by atoms with E-state index in [9.17, 15) is 15.2 Å². The third-order valence-electron chi connectivity index (χ3n) is 4.11. The second kappa shape index (κ2) is 6.66. The van der Waals surface area contributed by atoms with Gasteiger partial charge >= 0.3 is 0 Å². The molecule has 7 heteroatoms. The highest BCUT2D eigenvalue weighted by Crippen LogP contribution is 2.43. The molecule has 1 aliphatic rings. The maximum absolute atomic E-state index is 10.7. The maximum Gasteiger partial charge on any atom is 0.269 e. The van der Waals surface area contributed by atoms with Crippen LogP contribution in [0.1, 0.15) is 24.0 Å². The van der Waals surface area contributed by atoms with Crippen molar-refractivity contribution in [2.24, 2.45) is 10.2 Å². The number of benzene rings is 2. The smallest absolute Gasteiger partial charge is 0.269 e. The van der Waals surface area contributed by atoms with Gasteiger partial charge in [-0.1, -0.05) is 0 Å². The zero-order valence-electron chi connectivity index (χ0n) is 13.2. The van der Waals surface area contributed by atoms with Crippen LogP contribution in [0.5, 0.6) is 11.5 Å². The topological polar surface area (TPSA) is 97.3 Å². The number of non-ortho nitro benzene ring substituents is 1. The van der Waals surface area contributed by atoms with Gasteiger partial charge in [-0.3, -0.25) is 10.1 Å². The Morgan fingerprint density at radius 3 is 2.42 bits per heavy atom. The first-order chi connectivity index (χ1) is 11.6. The minimum atomic E-state index is -0.466. The van der Waals surface area contributed by atoms with Gasteiger partial charge in [0.15, 0.2) is 0 Å². The van der Waals surface area contributed by atoms with Crippen molar-refractivity contribution in [1.29, 1.82) is 0 Å². The fraction of sp³-hybridized carbons (Fsp3) is 0.294. The number of phenols is 1. The molecule has 2 aromatic carbocycles. The number of ether oxygens (including phenoxy) is 1. The summed E-state index contributed by atoms with van der Waals surface area (Å²) in [5.41, 5.74) is 2.96. The normalized spacial score (nSPS) is 13.7. The van der Waals surface area contributed by atoms with Gasteiger partial charge in [-0.2, -0.15) is 5.11 Å². The first-order valence-electron chi connectivity index (χ1n) is 7.68. The Labute approximate surface area is 138 Å². The fourth-order valence-electron chi connectivity index (χ4n) is 2.92. The lowest BCUT2D eigenvalue weighted by Gasteiger charge is -2.20. The summed E-state index contributed by atoms with van der Waals surface area (Å²) in [7, 11) is 1.59. The fourth-order valence-corrected chi connectivity index (χ4v) is 2.92. The predicted molar refractivity (Wildman–Crippen MR) is 88.6 cm³/mol. The van der Waals surface area contributed by atoms with Gasteiger partial charge in [-0.25, -0.2) is 0 Å². The Morgan fingerprint density at radius 2 is 1.79 bits per heavy atom. The van der Waals surface area contributed by atoms with Crippen LogP contribution < -0.4 is 4.74 Å². The standard InChI is InChI=1S/C17H17N3O4/c1-24-16-10-15(21)17(14-5-3-2-4-13(14)16)19-18-11-6-8-12(9-7-11)20(22)23/h6-10,21H,2-5H2,1H3. The molecule has 0 atom stereocenters. The van der Waals surface area contributed by atoms with E-state index in [1.807, 2.05) is 0 Å². The van der Waals surface area contributed by atoms with Gasteiger partial charge in [0, 0.05) is 18.2 Å². The largest absolute Gasteiger partial charge is 0.505 e. The molecule has 24 heavy (non-hydrogen) atoms. The van der Waals surface area contributed by atoms with Crippen molar-refractivity contribution < 1.29 is 14.8 Å². The van der Waals surface area contributed by atoms with E-state index in [2.05, 4.69) is 10.2 Å². The number of azo groups is 1. The van der Waals surface area contributed by atoms with Crippen molar-refractivity contribution in [2.45, 2.75) is 25.7 Å². The van der Waals surface area contributed by atoms with Gasteiger partial charge in [-0.05, 0) is 48.9 Å². The zero-order valence-corrected chi connectivity index (χ0v) is 13.2. The first-order valence-corrected chi connectivity index (χ1v) is 7.68. The van der Waals surface area contributed by atoms with E-state index in [4.69, 9.17) is 4.74 Å².